The number of carbonyl (C=O) groups is 1. The van der Waals surface area contributed by atoms with Crippen LogP contribution in [0.5, 0.6) is 0 Å². The number of amides is 1. The first-order valence-electron chi connectivity index (χ1n) is 7.65. The van der Waals surface area contributed by atoms with Crippen molar-refractivity contribution in [1.82, 2.24) is 9.97 Å². The molecule has 0 unspecified atom stereocenters. The molecule has 2 aromatic heterocycles. The van der Waals surface area contributed by atoms with Gasteiger partial charge < -0.3 is 5.32 Å². The van der Waals surface area contributed by atoms with Crippen molar-refractivity contribution < 1.29 is 9.18 Å². The fourth-order valence-corrected chi connectivity index (χ4v) is 5.01. The standard InChI is InChI=1S/C17H14FN3OS2/c18-11-5-1-2-6-12(11)21-14(22)8-23-16-15-10-4-3-7-13(10)24-17(15)20-9-19-16/h1-2,5-6,9H,3-4,7-8H2,(H,21,22). The summed E-state index contributed by atoms with van der Waals surface area (Å²) in [5.41, 5.74) is 1.54. The molecule has 3 aromatic rings. The van der Waals surface area contributed by atoms with E-state index in [0.29, 0.717) is 0 Å². The van der Waals surface area contributed by atoms with Crippen LogP contribution in [-0.2, 0) is 17.6 Å². The highest BCUT2D eigenvalue weighted by Crippen LogP contribution is 2.39. The molecule has 0 fully saturated rings. The number of nitrogens with zero attached hydrogens (tertiary/aromatic N) is 2. The number of rotatable bonds is 4. The number of hydrogen-bond acceptors (Lipinski definition) is 5. The lowest BCUT2D eigenvalue weighted by Crippen LogP contribution is -2.15. The zero-order chi connectivity index (χ0) is 16.5. The monoisotopic (exact) mass is 359 g/mol. The Morgan fingerprint density at radius 2 is 2.17 bits per heavy atom. The predicted octanol–water partition coefficient (Wildman–Crippen LogP) is 4.05. The molecule has 0 bridgehead atoms. The Hall–Kier alpha value is -1.99. The number of para-hydroxylation sites is 1. The number of halogens is 1. The largest absolute Gasteiger partial charge is 0.323 e. The molecule has 1 amide bonds. The first-order valence-corrected chi connectivity index (χ1v) is 9.45. The lowest BCUT2D eigenvalue weighted by molar-refractivity contribution is -0.113. The van der Waals surface area contributed by atoms with Crippen LogP contribution in [0.2, 0.25) is 0 Å². The maximum atomic E-state index is 13.6. The van der Waals surface area contributed by atoms with Crippen LogP contribution in [0.3, 0.4) is 0 Å². The van der Waals surface area contributed by atoms with Crippen molar-refractivity contribution in [3.63, 3.8) is 0 Å². The third-order valence-corrected chi connectivity index (χ3v) is 6.14. The maximum Gasteiger partial charge on any atom is 0.234 e. The summed E-state index contributed by atoms with van der Waals surface area (Å²) in [6.07, 6.45) is 4.88. The summed E-state index contributed by atoms with van der Waals surface area (Å²) in [7, 11) is 0. The summed E-state index contributed by atoms with van der Waals surface area (Å²) in [5.74, 6) is -0.495. The fraction of sp³-hybridized carbons (Fsp3) is 0.235. The van der Waals surface area contributed by atoms with E-state index < -0.39 is 5.82 Å². The van der Waals surface area contributed by atoms with E-state index in [1.165, 1.54) is 34.7 Å². The third kappa shape index (κ3) is 2.89. The van der Waals surface area contributed by atoms with E-state index in [1.54, 1.807) is 35.9 Å². The van der Waals surface area contributed by atoms with Crippen LogP contribution < -0.4 is 5.32 Å². The summed E-state index contributed by atoms with van der Waals surface area (Å²) in [4.78, 5) is 23.2. The number of thiophene rings is 1. The van der Waals surface area contributed by atoms with E-state index in [9.17, 15) is 9.18 Å². The van der Waals surface area contributed by atoms with Gasteiger partial charge in [-0.2, -0.15) is 0 Å². The topological polar surface area (TPSA) is 54.9 Å². The zero-order valence-corrected chi connectivity index (χ0v) is 14.3. The Morgan fingerprint density at radius 3 is 3.04 bits per heavy atom. The number of hydrogen-bond donors (Lipinski definition) is 1. The Balaban J connectivity index is 1.51. The molecule has 0 saturated heterocycles. The number of carbonyl (C=O) groups excluding carboxylic acids is 1. The van der Waals surface area contributed by atoms with Gasteiger partial charge in [-0.15, -0.1) is 11.3 Å². The molecule has 1 aromatic carbocycles. The highest BCUT2D eigenvalue weighted by Gasteiger charge is 2.21. The smallest absolute Gasteiger partial charge is 0.234 e. The molecule has 0 saturated carbocycles. The van der Waals surface area contributed by atoms with Crippen LogP contribution in [-0.4, -0.2) is 21.6 Å². The number of aromatic nitrogens is 2. The summed E-state index contributed by atoms with van der Waals surface area (Å²) in [5, 5.41) is 4.53. The van der Waals surface area contributed by atoms with Gasteiger partial charge in [0.25, 0.3) is 0 Å². The molecule has 1 aliphatic rings. The van der Waals surface area contributed by atoms with Gasteiger partial charge in [0.2, 0.25) is 5.91 Å². The second-order valence-corrected chi connectivity index (χ2v) is 7.58. The van der Waals surface area contributed by atoms with Crippen LogP contribution in [0, 0.1) is 5.82 Å². The molecule has 0 spiro atoms. The number of anilines is 1. The molecular formula is C17H14FN3OS2. The summed E-state index contributed by atoms with van der Waals surface area (Å²) in [6.45, 7) is 0. The SMILES string of the molecule is O=C(CSc1ncnc2sc3c(c12)CCC3)Nc1ccccc1F. The molecule has 0 atom stereocenters. The number of fused-ring (bicyclic) bond motifs is 3. The first-order chi connectivity index (χ1) is 11.7. The molecular weight excluding hydrogens is 345 g/mol. The van der Waals surface area contributed by atoms with Crippen LogP contribution in [0.15, 0.2) is 35.6 Å². The normalized spacial score (nSPS) is 13.2. The van der Waals surface area contributed by atoms with Crippen molar-refractivity contribution in [1.29, 1.82) is 0 Å². The van der Waals surface area contributed by atoms with E-state index in [1.807, 2.05) is 0 Å². The second-order valence-electron chi connectivity index (χ2n) is 5.53. The van der Waals surface area contributed by atoms with Crippen molar-refractivity contribution in [2.45, 2.75) is 24.3 Å². The molecule has 0 radical (unpaired) electrons. The lowest BCUT2D eigenvalue weighted by atomic mass is 10.2. The van der Waals surface area contributed by atoms with Crippen LogP contribution in [0.1, 0.15) is 16.9 Å². The first kappa shape index (κ1) is 15.5. The molecule has 4 nitrogen and oxygen atoms in total. The maximum absolute atomic E-state index is 13.6. The van der Waals surface area contributed by atoms with Crippen LogP contribution >= 0.6 is 23.1 Å². The second kappa shape index (κ2) is 6.49. The third-order valence-electron chi connectivity index (χ3n) is 3.95. The average Bonchev–Trinajstić information content (AvgIpc) is 3.16. The molecule has 4 rings (SSSR count). The van der Waals surface area contributed by atoms with E-state index >= 15 is 0 Å². The summed E-state index contributed by atoms with van der Waals surface area (Å²) >= 11 is 3.10. The van der Waals surface area contributed by atoms with Crippen molar-refractivity contribution in [2.24, 2.45) is 0 Å². The van der Waals surface area contributed by atoms with Gasteiger partial charge in [-0.25, -0.2) is 14.4 Å². The summed E-state index contributed by atoms with van der Waals surface area (Å²) in [6, 6.07) is 6.15. The molecule has 7 heteroatoms. The predicted molar refractivity (Wildman–Crippen MR) is 95.2 cm³/mol. The molecule has 0 aliphatic heterocycles. The number of benzene rings is 1. The highest BCUT2D eigenvalue weighted by molar-refractivity contribution is 8.00. The molecule has 24 heavy (non-hydrogen) atoms. The van der Waals surface area contributed by atoms with E-state index in [0.717, 1.165) is 28.1 Å². The number of nitrogens with one attached hydrogen (secondary N) is 1. The van der Waals surface area contributed by atoms with Crippen molar-refractivity contribution >= 4 is 44.9 Å². The number of thioether (sulfide) groups is 1. The lowest BCUT2D eigenvalue weighted by Gasteiger charge is -2.06. The van der Waals surface area contributed by atoms with Crippen molar-refractivity contribution in [3.8, 4) is 0 Å². The van der Waals surface area contributed by atoms with Gasteiger partial charge in [0, 0.05) is 10.3 Å². The quantitative estimate of drug-likeness (QED) is 0.564. The molecule has 1 aliphatic carbocycles. The van der Waals surface area contributed by atoms with E-state index in [-0.39, 0.29) is 17.3 Å². The highest BCUT2D eigenvalue weighted by atomic mass is 32.2. The van der Waals surface area contributed by atoms with Crippen LogP contribution in [0.4, 0.5) is 10.1 Å². The van der Waals surface area contributed by atoms with Gasteiger partial charge in [0.15, 0.2) is 0 Å². The molecule has 2 heterocycles. The number of aryl methyl sites for hydroxylation is 2. The Bertz CT molecular complexity index is 925. The van der Waals surface area contributed by atoms with Gasteiger partial charge >= 0.3 is 0 Å². The van der Waals surface area contributed by atoms with Crippen molar-refractivity contribution in [2.75, 3.05) is 11.1 Å². The van der Waals surface area contributed by atoms with Crippen molar-refractivity contribution in [3.05, 3.63) is 46.9 Å². The van der Waals surface area contributed by atoms with Gasteiger partial charge in [-0.1, -0.05) is 23.9 Å². The fourth-order valence-electron chi connectivity index (χ4n) is 2.89. The minimum absolute atomic E-state index is 0.186. The minimum Gasteiger partial charge on any atom is -0.323 e. The Kier molecular flexibility index (Phi) is 4.20. The van der Waals surface area contributed by atoms with Gasteiger partial charge in [0.05, 0.1) is 11.4 Å². The Labute approximate surface area is 146 Å². The van der Waals surface area contributed by atoms with Gasteiger partial charge in [0.1, 0.15) is 22.0 Å². The molecule has 122 valence electrons. The van der Waals surface area contributed by atoms with E-state index in [2.05, 4.69) is 15.3 Å². The Morgan fingerprint density at radius 1 is 1.29 bits per heavy atom. The van der Waals surface area contributed by atoms with Gasteiger partial charge in [-0.05, 0) is 37.0 Å². The average molecular weight is 359 g/mol. The van der Waals surface area contributed by atoms with Crippen LogP contribution in [0.25, 0.3) is 10.2 Å². The minimum atomic E-state index is -0.434. The van der Waals surface area contributed by atoms with E-state index in [4.69, 9.17) is 0 Å². The summed E-state index contributed by atoms with van der Waals surface area (Å²) < 4.78 is 13.6. The molecule has 1 N–H and O–H groups in total. The zero-order valence-electron chi connectivity index (χ0n) is 12.7. The van der Waals surface area contributed by atoms with Gasteiger partial charge in [-0.3, -0.25) is 4.79 Å².